The molecule has 31 heavy (non-hydrogen) atoms. The topological polar surface area (TPSA) is 70.7 Å². The van der Waals surface area contributed by atoms with E-state index in [0.29, 0.717) is 42.0 Å². The fraction of sp³-hybridized carbons (Fsp3) is 0.364. The Morgan fingerprint density at radius 1 is 1.06 bits per heavy atom. The summed E-state index contributed by atoms with van der Waals surface area (Å²) in [6.45, 7) is 2.07. The molecular formula is C22H24AlCl2N3O3. The number of carbonyl (C=O) groups excluding carboxylic acids is 2. The van der Waals surface area contributed by atoms with Gasteiger partial charge in [-0.2, -0.15) is 0 Å². The first-order chi connectivity index (χ1) is 15.0. The standard InChI is InChI=1S/C22H24Cl2N3O3.Al/c23-17-5-3-6-18(24)22(17)26-19-7-2-1-4-16(19)12-21(29)30-14-15-8-10-27(11-9-15)20(28)13-25;/h1-7,15,25-26H,8-14H2;/q-1;+1. The molecule has 0 bridgehead atoms. The molecule has 1 amide bonds. The van der Waals surface area contributed by atoms with Crippen LogP contribution in [0.1, 0.15) is 18.4 Å². The lowest BCUT2D eigenvalue weighted by molar-refractivity contribution is -0.145. The number of nitrogens with zero attached hydrogens (tertiary/aromatic N) is 1. The molecule has 0 atom stereocenters. The van der Waals surface area contributed by atoms with Gasteiger partial charge in [0.05, 0.1) is 35.3 Å². The molecule has 1 aliphatic heterocycles. The van der Waals surface area contributed by atoms with Gasteiger partial charge in [0.2, 0.25) is 5.91 Å². The van der Waals surface area contributed by atoms with Crippen LogP contribution in [-0.4, -0.2) is 59.5 Å². The van der Waals surface area contributed by atoms with E-state index >= 15 is 0 Å². The van der Waals surface area contributed by atoms with Crippen LogP contribution < -0.4 is 9.62 Å². The molecule has 6 nitrogen and oxygen atoms in total. The van der Waals surface area contributed by atoms with Crippen molar-refractivity contribution in [3.63, 3.8) is 0 Å². The first kappa shape index (κ1) is 23.9. The summed E-state index contributed by atoms with van der Waals surface area (Å²) in [7, 11) is 0. The zero-order valence-corrected chi connectivity index (χ0v) is 19.7. The summed E-state index contributed by atoms with van der Waals surface area (Å²) in [6.07, 6.45) is 1.81. The minimum Gasteiger partial charge on any atom is -0.465 e. The van der Waals surface area contributed by atoms with Gasteiger partial charge in [-0.05, 0) is 42.5 Å². The SMILES string of the molecule is O=C(Cc1ccccc1Nc1c(Cl)cccc1Cl)OCC1CCN(C(=O)C[NH][Al])CC1. The van der Waals surface area contributed by atoms with E-state index in [-0.39, 0.29) is 24.2 Å². The number of hydrogen-bond acceptors (Lipinski definition) is 5. The van der Waals surface area contributed by atoms with Crippen LogP contribution in [-0.2, 0) is 20.7 Å². The third-order valence-corrected chi connectivity index (χ3v) is 6.11. The number of esters is 1. The zero-order chi connectivity index (χ0) is 22.2. The van der Waals surface area contributed by atoms with Gasteiger partial charge in [0.1, 0.15) is 0 Å². The van der Waals surface area contributed by atoms with Gasteiger partial charge >= 0.3 is 5.97 Å². The van der Waals surface area contributed by atoms with Crippen molar-refractivity contribution in [1.82, 2.24) is 9.20 Å². The number of rotatable bonds is 8. The molecule has 0 aliphatic carbocycles. The van der Waals surface area contributed by atoms with Crippen molar-refractivity contribution >= 4 is 63.0 Å². The maximum atomic E-state index is 12.5. The van der Waals surface area contributed by atoms with Crippen molar-refractivity contribution in [1.29, 1.82) is 0 Å². The van der Waals surface area contributed by atoms with Crippen molar-refractivity contribution in [3.8, 4) is 0 Å². The van der Waals surface area contributed by atoms with E-state index in [9.17, 15) is 9.59 Å². The maximum Gasteiger partial charge on any atom is 0.310 e. The van der Waals surface area contributed by atoms with Crippen molar-refractivity contribution in [2.24, 2.45) is 5.92 Å². The summed E-state index contributed by atoms with van der Waals surface area (Å²) in [5.74, 6) is 0.0747. The van der Waals surface area contributed by atoms with Crippen LogP contribution >= 0.6 is 23.2 Å². The number of halogens is 2. The first-order valence-electron chi connectivity index (χ1n) is 10.1. The Kier molecular flexibility index (Phi) is 9.06. The average Bonchev–Trinajstić information content (AvgIpc) is 2.76. The highest BCUT2D eigenvalue weighted by Crippen LogP contribution is 2.33. The lowest BCUT2D eigenvalue weighted by Crippen LogP contribution is -2.43. The van der Waals surface area contributed by atoms with Gasteiger partial charge < -0.3 is 19.3 Å². The summed E-state index contributed by atoms with van der Waals surface area (Å²) < 4.78 is 8.34. The van der Waals surface area contributed by atoms with Gasteiger partial charge in [-0.1, -0.05) is 47.5 Å². The van der Waals surface area contributed by atoms with Crippen molar-refractivity contribution in [3.05, 3.63) is 58.1 Å². The number of nitrogens with one attached hydrogen (secondary N) is 2. The number of ether oxygens (including phenoxy) is 1. The molecule has 0 saturated carbocycles. The Bertz CT molecular complexity index is 900. The third-order valence-electron chi connectivity index (χ3n) is 5.28. The molecule has 0 aromatic heterocycles. The molecule has 162 valence electrons. The van der Waals surface area contributed by atoms with Gasteiger partial charge in [0.25, 0.3) is 16.5 Å². The van der Waals surface area contributed by atoms with Crippen LogP contribution in [0, 0.1) is 5.92 Å². The van der Waals surface area contributed by atoms with E-state index in [4.69, 9.17) is 27.9 Å². The van der Waals surface area contributed by atoms with E-state index in [1.165, 1.54) is 0 Å². The van der Waals surface area contributed by atoms with E-state index in [1.54, 1.807) is 18.2 Å². The normalized spacial score (nSPS) is 14.3. The smallest absolute Gasteiger partial charge is 0.310 e. The Hall–Kier alpha value is -1.75. The van der Waals surface area contributed by atoms with Crippen LogP contribution in [0.5, 0.6) is 0 Å². The molecule has 2 N–H and O–H groups in total. The second kappa shape index (κ2) is 11.8. The first-order valence-corrected chi connectivity index (χ1v) is 11.5. The van der Waals surface area contributed by atoms with Gasteiger partial charge in [-0.3, -0.25) is 9.59 Å². The van der Waals surface area contributed by atoms with E-state index < -0.39 is 0 Å². The van der Waals surface area contributed by atoms with Crippen molar-refractivity contribution < 1.29 is 14.3 Å². The predicted octanol–water partition coefficient (Wildman–Crippen LogP) is 3.73. The zero-order valence-electron chi connectivity index (χ0n) is 17.1. The van der Waals surface area contributed by atoms with Crippen LogP contribution in [0.15, 0.2) is 42.5 Å². The molecule has 3 rings (SSSR count). The largest absolute Gasteiger partial charge is 0.465 e. The van der Waals surface area contributed by atoms with Crippen molar-refractivity contribution in [2.45, 2.75) is 19.3 Å². The van der Waals surface area contributed by atoms with E-state index in [2.05, 4.69) is 26.1 Å². The molecule has 1 heterocycles. The van der Waals surface area contributed by atoms with Gasteiger partial charge in [-0.25, -0.2) is 0 Å². The molecule has 0 unspecified atom stereocenters. The molecule has 1 fully saturated rings. The Balaban J connectivity index is 1.52. The van der Waals surface area contributed by atoms with Crippen LogP contribution in [0.3, 0.4) is 0 Å². The quantitative estimate of drug-likeness (QED) is 0.449. The fourth-order valence-corrected chi connectivity index (χ4v) is 4.18. The minimum atomic E-state index is -0.287. The third kappa shape index (κ3) is 6.87. The second-order valence-corrected chi connectivity index (χ2v) is 8.67. The van der Waals surface area contributed by atoms with E-state index in [1.807, 2.05) is 29.2 Å². The average molecular weight is 476 g/mol. The van der Waals surface area contributed by atoms with Crippen LogP contribution in [0.4, 0.5) is 11.4 Å². The molecule has 0 spiro atoms. The molecule has 2 radical (unpaired) electrons. The number of amides is 1. The predicted molar refractivity (Wildman–Crippen MR) is 124 cm³/mol. The summed E-state index contributed by atoms with van der Waals surface area (Å²) in [6, 6.07) is 12.8. The number of piperidine rings is 1. The number of likely N-dealkylation sites (tertiary alicyclic amines) is 1. The summed E-state index contributed by atoms with van der Waals surface area (Å²) in [5, 5.41) is 4.24. The Morgan fingerprint density at radius 2 is 1.74 bits per heavy atom. The minimum absolute atomic E-state index is 0.0909. The number of hydrogen-bond donors (Lipinski definition) is 2. The van der Waals surface area contributed by atoms with Crippen LogP contribution in [0.25, 0.3) is 0 Å². The lowest BCUT2D eigenvalue weighted by Gasteiger charge is -2.31. The van der Waals surface area contributed by atoms with Gasteiger partial charge in [-0.15, -0.1) is 0 Å². The fourth-order valence-electron chi connectivity index (χ4n) is 3.51. The Labute approximate surface area is 200 Å². The van der Waals surface area contributed by atoms with E-state index in [0.717, 1.165) is 24.1 Å². The van der Waals surface area contributed by atoms with Gasteiger partial charge in [0, 0.05) is 18.8 Å². The van der Waals surface area contributed by atoms with Crippen molar-refractivity contribution in [2.75, 3.05) is 31.6 Å². The highest BCUT2D eigenvalue weighted by molar-refractivity contribution is 6.39. The monoisotopic (exact) mass is 475 g/mol. The molecule has 1 saturated heterocycles. The van der Waals surface area contributed by atoms with Gasteiger partial charge in [0.15, 0.2) is 0 Å². The number of anilines is 2. The lowest BCUT2D eigenvalue weighted by atomic mass is 9.98. The highest BCUT2D eigenvalue weighted by Gasteiger charge is 2.23. The molecule has 2 aromatic rings. The molecular weight excluding hydrogens is 452 g/mol. The molecule has 2 aromatic carbocycles. The second-order valence-electron chi connectivity index (χ2n) is 7.44. The molecule has 9 heteroatoms. The summed E-state index contributed by atoms with van der Waals surface area (Å²) in [5.41, 5.74) is 2.16. The maximum absolute atomic E-state index is 12.5. The summed E-state index contributed by atoms with van der Waals surface area (Å²) >= 11 is 14.8. The molecule has 1 aliphatic rings. The highest BCUT2D eigenvalue weighted by atomic mass is 35.5. The number of carbonyl (C=O) groups is 2. The number of benzene rings is 2. The summed E-state index contributed by atoms with van der Waals surface area (Å²) in [4.78, 5) is 26.2. The van der Waals surface area contributed by atoms with Crippen LogP contribution in [0.2, 0.25) is 10.0 Å². The number of para-hydroxylation sites is 2. The Morgan fingerprint density at radius 3 is 2.42 bits per heavy atom.